The molecule has 0 amide bonds. The van der Waals surface area contributed by atoms with Gasteiger partial charge in [0.25, 0.3) is 5.56 Å². The van der Waals surface area contributed by atoms with Crippen molar-refractivity contribution in [1.29, 1.82) is 0 Å². The second-order valence-corrected chi connectivity index (χ2v) is 6.05. The average molecular weight is 329 g/mol. The van der Waals surface area contributed by atoms with Crippen molar-refractivity contribution in [2.45, 2.75) is 4.90 Å². The quantitative estimate of drug-likeness (QED) is 0.721. The van der Waals surface area contributed by atoms with E-state index in [1.165, 1.54) is 4.90 Å². The van der Waals surface area contributed by atoms with Crippen molar-refractivity contribution >= 4 is 23.4 Å². The standard InChI is InChI=1S/C17H13ClN2OS/c1-22-14-8-4-12(5-9-14)17-15(10-16(21)19-20-17)11-2-6-13(18)7-3-11/h2-10H,1H3,(H,19,21). The van der Waals surface area contributed by atoms with Crippen LogP contribution in [0.1, 0.15) is 0 Å². The maximum Gasteiger partial charge on any atom is 0.264 e. The summed E-state index contributed by atoms with van der Waals surface area (Å²) in [5, 5.41) is 7.40. The van der Waals surface area contributed by atoms with Gasteiger partial charge in [0.1, 0.15) is 0 Å². The number of hydrogen-bond donors (Lipinski definition) is 1. The van der Waals surface area contributed by atoms with E-state index in [0.29, 0.717) is 5.02 Å². The molecule has 110 valence electrons. The van der Waals surface area contributed by atoms with Gasteiger partial charge < -0.3 is 0 Å². The topological polar surface area (TPSA) is 45.8 Å². The average Bonchev–Trinajstić information content (AvgIpc) is 2.56. The number of aromatic amines is 1. The lowest BCUT2D eigenvalue weighted by atomic mass is 10.0. The van der Waals surface area contributed by atoms with Crippen molar-refractivity contribution in [3.63, 3.8) is 0 Å². The number of halogens is 1. The van der Waals surface area contributed by atoms with E-state index < -0.39 is 0 Å². The van der Waals surface area contributed by atoms with Crippen molar-refractivity contribution in [3.8, 4) is 22.4 Å². The molecular formula is C17H13ClN2OS. The smallest absolute Gasteiger partial charge is 0.264 e. The number of rotatable bonds is 3. The summed E-state index contributed by atoms with van der Waals surface area (Å²) in [5.74, 6) is 0. The SMILES string of the molecule is CSc1ccc(-c2n[nH]c(=O)cc2-c2ccc(Cl)cc2)cc1. The summed E-state index contributed by atoms with van der Waals surface area (Å²) in [4.78, 5) is 12.8. The molecule has 3 aromatic rings. The summed E-state index contributed by atoms with van der Waals surface area (Å²) in [6.07, 6.45) is 2.03. The van der Waals surface area contributed by atoms with Crippen LogP contribution in [0.3, 0.4) is 0 Å². The molecule has 0 saturated carbocycles. The molecule has 0 atom stereocenters. The lowest BCUT2D eigenvalue weighted by molar-refractivity contribution is 0.997. The van der Waals surface area contributed by atoms with Gasteiger partial charge in [-0.25, -0.2) is 5.10 Å². The van der Waals surface area contributed by atoms with Crippen LogP contribution >= 0.6 is 23.4 Å². The molecule has 0 aliphatic rings. The van der Waals surface area contributed by atoms with E-state index in [1.54, 1.807) is 30.0 Å². The minimum Gasteiger partial charge on any atom is -0.268 e. The zero-order valence-electron chi connectivity index (χ0n) is 11.8. The van der Waals surface area contributed by atoms with Crippen LogP contribution in [0, 0.1) is 0 Å². The Bertz CT molecular complexity index is 842. The Hall–Kier alpha value is -2.04. The first-order valence-electron chi connectivity index (χ1n) is 6.67. The first kappa shape index (κ1) is 14.9. The molecule has 3 rings (SSSR count). The Kier molecular flexibility index (Phi) is 4.32. The lowest BCUT2D eigenvalue weighted by Gasteiger charge is -2.09. The zero-order chi connectivity index (χ0) is 15.5. The highest BCUT2D eigenvalue weighted by molar-refractivity contribution is 7.98. The molecule has 0 unspecified atom stereocenters. The highest BCUT2D eigenvalue weighted by atomic mass is 35.5. The Morgan fingerprint density at radius 2 is 1.64 bits per heavy atom. The van der Waals surface area contributed by atoms with Gasteiger partial charge in [-0.05, 0) is 36.1 Å². The fraction of sp³-hybridized carbons (Fsp3) is 0.0588. The van der Waals surface area contributed by atoms with E-state index in [4.69, 9.17) is 11.6 Å². The van der Waals surface area contributed by atoms with Crippen molar-refractivity contribution < 1.29 is 0 Å². The fourth-order valence-electron chi connectivity index (χ4n) is 2.22. The van der Waals surface area contributed by atoms with E-state index in [1.807, 2.05) is 42.7 Å². The van der Waals surface area contributed by atoms with Crippen LogP contribution in [0.25, 0.3) is 22.4 Å². The number of nitrogens with zero attached hydrogens (tertiary/aromatic N) is 1. The van der Waals surface area contributed by atoms with Gasteiger partial charge in [0, 0.05) is 27.1 Å². The maximum atomic E-state index is 11.7. The molecule has 2 aromatic carbocycles. The summed E-state index contributed by atoms with van der Waals surface area (Å²) < 4.78 is 0. The summed E-state index contributed by atoms with van der Waals surface area (Å²) >= 11 is 7.62. The van der Waals surface area contributed by atoms with Gasteiger partial charge in [-0.1, -0.05) is 35.9 Å². The van der Waals surface area contributed by atoms with Crippen LogP contribution in [-0.4, -0.2) is 16.5 Å². The van der Waals surface area contributed by atoms with E-state index in [2.05, 4.69) is 10.2 Å². The molecular weight excluding hydrogens is 316 g/mol. The van der Waals surface area contributed by atoms with Gasteiger partial charge in [0.2, 0.25) is 0 Å². The predicted octanol–water partition coefficient (Wildman–Crippen LogP) is 4.48. The normalized spacial score (nSPS) is 10.6. The van der Waals surface area contributed by atoms with Crippen LogP contribution in [0.5, 0.6) is 0 Å². The summed E-state index contributed by atoms with van der Waals surface area (Å²) in [6.45, 7) is 0. The highest BCUT2D eigenvalue weighted by Gasteiger charge is 2.10. The van der Waals surface area contributed by atoms with Crippen LogP contribution in [0.15, 0.2) is 64.3 Å². The summed E-state index contributed by atoms with van der Waals surface area (Å²) in [5.41, 5.74) is 3.17. The Balaban J connectivity index is 2.15. The Morgan fingerprint density at radius 1 is 1.00 bits per heavy atom. The fourth-order valence-corrected chi connectivity index (χ4v) is 2.76. The zero-order valence-corrected chi connectivity index (χ0v) is 13.4. The molecule has 5 heteroatoms. The number of H-pyrrole nitrogens is 1. The number of hydrogen-bond acceptors (Lipinski definition) is 3. The highest BCUT2D eigenvalue weighted by Crippen LogP contribution is 2.30. The molecule has 0 aliphatic carbocycles. The van der Waals surface area contributed by atoms with E-state index in [-0.39, 0.29) is 5.56 Å². The van der Waals surface area contributed by atoms with E-state index >= 15 is 0 Å². The minimum absolute atomic E-state index is 0.227. The largest absolute Gasteiger partial charge is 0.268 e. The predicted molar refractivity (Wildman–Crippen MR) is 92.5 cm³/mol. The van der Waals surface area contributed by atoms with Crippen LogP contribution < -0.4 is 5.56 Å². The molecule has 1 N–H and O–H groups in total. The lowest BCUT2D eigenvalue weighted by Crippen LogP contribution is -2.08. The van der Waals surface area contributed by atoms with E-state index in [0.717, 1.165) is 22.4 Å². The third kappa shape index (κ3) is 3.08. The van der Waals surface area contributed by atoms with Gasteiger partial charge >= 0.3 is 0 Å². The van der Waals surface area contributed by atoms with Crippen molar-refractivity contribution in [2.75, 3.05) is 6.26 Å². The third-order valence-corrected chi connectivity index (χ3v) is 4.32. The van der Waals surface area contributed by atoms with Crippen molar-refractivity contribution in [2.24, 2.45) is 0 Å². The second kappa shape index (κ2) is 6.38. The number of nitrogens with one attached hydrogen (secondary N) is 1. The van der Waals surface area contributed by atoms with Crippen LogP contribution in [-0.2, 0) is 0 Å². The molecule has 0 spiro atoms. The molecule has 1 aromatic heterocycles. The molecule has 0 saturated heterocycles. The van der Waals surface area contributed by atoms with Gasteiger partial charge in [-0.2, -0.15) is 5.10 Å². The van der Waals surface area contributed by atoms with Gasteiger partial charge in [-0.15, -0.1) is 11.8 Å². The summed E-state index contributed by atoms with van der Waals surface area (Å²) in [6, 6.07) is 17.0. The first-order valence-corrected chi connectivity index (χ1v) is 8.28. The Morgan fingerprint density at radius 3 is 2.27 bits per heavy atom. The molecule has 0 radical (unpaired) electrons. The van der Waals surface area contributed by atoms with Gasteiger partial charge in [0.05, 0.1) is 5.69 Å². The molecule has 0 fully saturated rings. The van der Waals surface area contributed by atoms with Gasteiger partial charge in [-0.3, -0.25) is 4.79 Å². The number of benzene rings is 2. The van der Waals surface area contributed by atoms with E-state index in [9.17, 15) is 4.79 Å². The molecule has 22 heavy (non-hydrogen) atoms. The van der Waals surface area contributed by atoms with Gasteiger partial charge in [0.15, 0.2) is 0 Å². The number of thioether (sulfide) groups is 1. The third-order valence-electron chi connectivity index (χ3n) is 3.33. The molecule has 3 nitrogen and oxygen atoms in total. The molecule has 1 heterocycles. The molecule has 0 bridgehead atoms. The molecule has 0 aliphatic heterocycles. The maximum absolute atomic E-state index is 11.7. The minimum atomic E-state index is -0.227. The number of aromatic nitrogens is 2. The monoisotopic (exact) mass is 328 g/mol. The van der Waals surface area contributed by atoms with Crippen molar-refractivity contribution in [1.82, 2.24) is 10.2 Å². The van der Waals surface area contributed by atoms with Crippen LogP contribution in [0.2, 0.25) is 5.02 Å². The first-order chi connectivity index (χ1) is 10.7. The Labute approximate surface area is 137 Å². The second-order valence-electron chi connectivity index (χ2n) is 4.73. The van der Waals surface area contributed by atoms with Crippen molar-refractivity contribution in [3.05, 3.63) is 70.0 Å². The van der Waals surface area contributed by atoms with Crippen LogP contribution in [0.4, 0.5) is 0 Å². The summed E-state index contributed by atoms with van der Waals surface area (Å²) in [7, 11) is 0.